The number of carbonyl (C=O) groups excluding carboxylic acids is 4. The molecule has 19 heteroatoms. The number of aliphatic hydroxyl groups is 1. The molecule has 606 valence electrons. The number of aliphatic hydroxyl groups excluding tert-OH is 1. The molecule has 0 aromatic carbocycles. The largest absolute Gasteiger partial charge is 0.472 e. The van der Waals surface area contributed by atoms with Crippen LogP contribution in [-0.2, 0) is 65.4 Å². The average Bonchev–Trinajstić information content (AvgIpc) is 1.12. The maximum Gasteiger partial charge on any atom is 0.472 e. The highest BCUT2D eigenvalue weighted by Gasteiger charge is 2.30. The Hall–Kier alpha value is -1.94. The fourth-order valence-electron chi connectivity index (χ4n) is 12.7. The predicted molar refractivity (Wildman–Crippen MR) is 418 cm³/mol. The number of phosphoric acid groups is 2. The molecule has 0 aliphatic carbocycles. The zero-order valence-corrected chi connectivity index (χ0v) is 69.0. The predicted octanol–water partition coefficient (Wildman–Crippen LogP) is 24.8. The van der Waals surface area contributed by atoms with E-state index in [1.54, 1.807) is 0 Å². The number of hydrogen-bond donors (Lipinski definition) is 3. The number of unbranched alkanes of at least 4 members (excludes halogenated alkanes) is 44. The number of esters is 4. The van der Waals surface area contributed by atoms with Crippen LogP contribution in [0.1, 0.15) is 428 Å². The topological polar surface area (TPSA) is 237 Å². The molecule has 0 amide bonds. The van der Waals surface area contributed by atoms with Gasteiger partial charge < -0.3 is 33.8 Å². The molecule has 0 aliphatic heterocycles. The molecule has 4 unspecified atom stereocenters. The third-order valence-corrected chi connectivity index (χ3v) is 21.9. The van der Waals surface area contributed by atoms with Crippen molar-refractivity contribution in [2.75, 3.05) is 39.6 Å². The minimum Gasteiger partial charge on any atom is -0.462 e. The van der Waals surface area contributed by atoms with E-state index in [1.807, 2.05) is 0 Å². The van der Waals surface area contributed by atoms with Crippen LogP contribution in [0.4, 0.5) is 0 Å². The van der Waals surface area contributed by atoms with Crippen molar-refractivity contribution in [2.45, 2.75) is 446 Å². The van der Waals surface area contributed by atoms with Gasteiger partial charge in [-0.3, -0.25) is 37.3 Å². The summed E-state index contributed by atoms with van der Waals surface area (Å²) in [5.41, 5.74) is 0. The van der Waals surface area contributed by atoms with Gasteiger partial charge in [0, 0.05) is 25.7 Å². The molecule has 3 N–H and O–H groups in total. The van der Waals surface area contributed by atoms with Crippen molar-refractivity contribution in [1.29, 1.82) is 0 Å². The van der Waals surface area contributed by atoms with E-state index < -0.39 is 97.5 Å². The summed E-state index contributed by atoms with van der Waals surface area (Å²) >= 11 is 0. The molecule has 0 radical (unpaired) electrons. The second-order valence-electron chi connectivity index (χ2n) is 31.3. The highest BCUT2D eigenvalue weighted by molar-refractivity contribution is 7.47. The summed E-state index contributed by atoms with van der Waals surface area (Å²) in [7, 11) is -9.92. The first-order valence-corrected chi connectivity index (χ1v) is 45.8. The minimum atomic E-state index is -4.96. The zero-order chi connectivity index (χ0) is 75.3. The summed E-state index contributed by atoms with van der Waals surface area (Å²) in [4.78, 5) is 73.0. The van der Waals surface area contributed by atoms with E-state index in [4.69, 9.17) is 37.0 Å². The fraction of sp³-hybridized carbons (Fsp3) is 0.952. The summed E-state index contributed by atoms with van der Waals surface area (Å²) in [5, 5.41) is 10.6. The third kappa shape index (κ3) is 73.6. The van der Waals surface area contributed by atoms with Gasteiger partial charge in [-0.05, 0) is 49.4 Å². The lowest BCUT2D eigenvalue weighted by atomic mass is 9.99. The maximum atomic E-state index is 13.1. The van der Waals surface area contributed by atoms with Crippen LogP contribution in [-0.4, -0.2) is 96.7 Å². The maximum absolute atomic E-state index is 13.1. The van der Waals surface area contributed by atoms with Crippen molar-refractivity contribution in [3.63, 3.8) is 0 Å². The van der Waals surface area contributed by atoms with E-state index >= 15 is 0 Å². The van der Waals surface area contributed by atoms with Gasteiger partial charge in [0.05, 0.1) is 26.4 Å². The Bertz CT molecular complexity index is 1990. The third-order valence-electron chi connectivity index (χ3n) is 20.0. The first-order valence-electron chi connectivity index (χ1n) is 42.8. The van der Waals surface area contributed by atoms with Crippen molar-refractivity contribution in [3.05, 3.63) is 0 Å². The van der Waals surface area contributed by atoms with Crippen LogP contribution in [0.3, 0.4) is 0 Å². The minimum absolute atomic E-state index is 0.105. The van der Waals surface area contributed by atoms with Gasteiger partial charge in [0.25, 0.3) is 0 Å². The summed E-state index contributed by atoms with van der Waals surface area (Å²) in [6, 6.07) is 0. The molecular formula is C83H162O17P2. The molecule has 0 aromatic rings. The van der Waals surface area contributed by atoms with Crippen LogP contribution >= 0.6 is 15.6 Å². The Morgan fingerprint density at radius 3 is 0.696 bits per heavy atom. The molecule has 0 saturated carbocycles. The van der Waals surface area contributed by atoms with Gasteiger partial charge in [-0.25, -0.2) is 9.13 Å². The Morgan fingerprint density at radius 2 is 0.471 bits per heavy atom. The molecule has 0 heterocycles. The molecule has 0 aliphatic rings. The van der Waals surface area contributed by atoms with E-state index in [0.717, 1.165) is 114 Å². The molecule has 0 rings (SSSR count). The number of hydrogen-bond acceptors (Lipinski definition) is 15. The van der Waals surface area contributed by atoms with E-state index in [9.17, 15) is 43.2 Å². The SMILES string of the molecule is CCC(C)CCCCCCCCCCCCCCCCCCCCC(=O)OC[C@H](COP(=O)(O)OC[C@@H](O)COP(=O)(O)OC[C@@H](COC(=O)CCCCCCCCC(C)C)OC(=O)CCCCCCCCCCCCC(C)C)OC(=O)CCCCCCCCCCCCCCCCC(C)CC. The van der Waals surface area contributed by atoms with Crippen LogP contribution in [0.25, 0.3) is 0 Å². The first kappa shape index (κ1) is 100. The van der Waals surface area contributed by atoms with Crippen LogP contribution in [0.2, 0.25) is 0 Å². The van der Waals surface area contributed by atoms with E-state index in [-0.39, 0.29) is 25.7 Å². The van der Waals surface area contributed by atoms with Crippen molar-refractivity contribution in [2.24, 2.45) is 23.7 Å². The summed E-state index contributed by atoms with van der Waals surface area (Å²) < 4.78 is 68.7. The summed E-state index contributed by atoms with van der Waals surface area (Å²) in [5.74, 6) is 1.04. The van der Waals surface area contributed by atoms with Crippen molar-refractivity contribution in [3.8, 4) is 0 Å². The molecule has 0 saturated heterocycles. The Labute approximate surface area is 626 Å². The van der Waals surface area contributed by atoms with E-state index in [1.165, 1.54) is 225 Å². The fourth-order valence-corrected chi connectivity index (χ4v) is 14.3. The van der Waals surface area contributed by atoms with Gasteiger partial charge in [-0.2, -0.15) is 0 Å². The summed E-state index contributed by atoms with van der Waals surface area (Å²) in [6.45, 7) is 14.3. The van der Waals surface area contributed by atoms with Gasteiger partial charge in [0.15, 0.2) is 12.2 Å². The number of rotatable bonds is 80. The molecule has 7 atom stereocenters. The van der Waals surface area contributed by atoms with Gasteiger partial charge in [0.1, 0.15) is 19.3 Å². The van der Waals surface area contributed by atoms with Crippen molar-refractivity contribution < 1.29 is 80.2 Å². The van der Waals surface area contributed by atoms with Crippen LogP contribution in [0.15, 0.2) is 0 Å². The van der Waals surface area contributed by atoms with Gasteiger partial charge in [-0.1, -0.05) is 376 Å². The summed E-state index contributed by atoms with van der Waals surface area (Å²) in [6.07, 6.45) is 59.8. The standard InChI is InChI=1S/C83H162O17P2/c1-9-75(7)61-53-45-36-30-23-19-15-13-11-12-14-16-21-25-32-38-47-55-63-80(85)93-69-78(99-82(87)65-57-49-39-33-26-22-18-17-20-24-31-37-46-54-62-76(8)10-2)71-97-101(89,90)95-67-77(84)68-96-102(91,92)98-72-79(70-94-81(86)64-56-48-42-41-44-52-60-74(5)6)100-83(88)66-58-50-40-34-28-27-29-35-43-51-59-73(3)4/h73-79,84H,9-72H2,1-8H3,(H,89,90)(H,91,92)/t75?,76?,77-,78-,79-/m1/s1. The van der Waals surface area contributed by atoms with Crippen LogP contribution in [0.5, 0.6) is 0 Å². The molecular weight excluding hydrogens is 1330 g/mol. The lowest BCUT2D eigenvalue weighted by molar-refractivity contribution is -0.161. The van der Waals surface area contributed by atoms with E-state index in [2.05, 4.69) is 55.4 Å². The normalized spacial score (nSPS) is 14.5. The van der Waals surface area contributed by atoms with Gasteiger partial charge in [-0.15, -0.1) is 0 Å². The molecule has 17 nitrogen and oxygen atoms in total. The van der Waals surface area contributed by atoms with Crippen LogP contribution in [0, 0.1) is 23.7 Å². The highest BCUT2D eigenvalue weighted by atomic mass is 31.2. The Balaban J connectivity index is 5.20. The number of carbonyl (C=O) groups is 4. The molecule has 0 fully saturated rings. The highest BCUT2D eigenvalue weighted by Crippen LogP contribution is 2.45. The molecule has 102 heavy (non-hydrogen) atoms. The molecule has 0 spiro atoms. The van der Waals surface area contributed by atoms with Crippen LogP contribution < -0.4 is 0 Å². The molecule has 0 aromatic heterocycles. The monoisotopic (exact) mass is 1490 g/mol. The average molecular weight is 1490 g/mol. The molecule has 0 bridgehead atoms. The van der Waals surface area contributed by atoms with Crippen molar-refractivity contribution in [1.82, 2.24) is 0 Å². The Kier molecular flexibility index (Phi) is 70.6. The number of phosphoric ester groups is 2. The Morgan fingerprint density at radius 1 is 0.275 bits per heavy atom. The lowest BCUT2D eigenvalue weighted by Gasteiger charge is -2.21. The lowest BCUT2D eigenvalue weighted by Crippen LogP contribution is -2.30. The van der Waals surface area contributed by atoms with Crippen molar-refractivity contribution >= 4 is 39.5 Å². The van der Waals surface area contributed by atoms with E-state index in [0.29, 0.717) is 31.6 Å². The second-order valence-corrected chi connectivity index (χ2v) is 34.2. The quantitative estimate of drug-likeness (QED) is 0.0222. The second kappa shape index (κ2) is 72.0. The number of ether oxygens (including phenoxy) is 4. The zero-order valence-electron chi connectivity index (χ0n) is 67.2. The van der Waals surface area contributed by atoms with Gasteiger partial charge in [0.2, 0.25) is 0 Å². The smallest absolute Gasteiger partial charge is 0.462 e. The first-order chi connectivity index (χ1) is 49.2. The van der Waals surface area contributed by atoms with Gasteiger partial charge >= 0.3 is 39.5 Å².